The highest BCUT2D eigenvalue weighted by molar-refractivity contribution is 5.87. The van der Waals surface area contributed by atoms with Crippen molar-refractivity contribution in [1.29, 1.82) is 5.26 Å². The Balaban J connectivity index is 2.64. The van der Waals surface area contributed by atoms with Crippen LogP contribution in [0.15, 0.2) is 24.3 Å². The van der Waals surface area contributed by atoms with Gasteiger partial charge in [0.2, 0.25) is 0 Å². The number of rotatable bonds is 6. The summed E-state index contributed by atoms with van der Waals surface area (Å²) in [6.45, 7) is 4.37. The second-order valence-electron chi connectivity index (χ2n) is 4.86. The molecule has 0 unspecified atom stereocenters. The summed E-state index contributed by atoms with van der Waals surface area (Å²) in [5.41, 5.74) is 0.902. The van der Waals surface area contributed by atoms with Crippen LogP contribution in [0.2, 0.25) is 0 Å². The van der Waals surface area contributed by atoms with Gasteiger partial charge in [-0.2, -0.15) is 5.26 Å². The van der Waals surface area contributed by atoms with Crippen molar-refractivity contribution in [3.63, 3.8) is 0 Å². The lowest BCUT2D eigenvalue weighted by Gasteiger charge is -2.26. The van der Waals surface area contributed by atoms with Gasteiger partial charge in [0.05, 0.1) is 18.1 Å². The molecule has 0 atom stereocenters. The predicted molar refractivity (Wildman–Crippen MR) is 77.7 cm³/mol. The zero-order chi connectivity index (χ0) is 15.8. The van der Waals surface area contributed by atoms with E-state index >= 15 is 0 Å². The van der Waals surface area contributed by atoms with Crippen molar-refractivity contribution >= 4 is 12.0 Å². The zero-order valence-corrected chi connectivity index (χ0v) is 12.2. The Morgan fingerprint density at radius 1 is 1.43 bits per heavy atom. The smallest absolute Gasteiger partial charge is 0.335 e. The quantitative estimate of drug-likeness (QED) is 0.839. The van der Waals surface area contributed by atoms with Crippen LogP contribution in [0, 0.1) is 11.3 Å². The van der Waals surface area contributed by atoms with E-state index in [1.165, 1.54) is 12.1 Å². The molecule has 0 radical (unpaired) electrons. The van der Waals surface area contributed by atoms with Gasteiger partial charge in [0, 0.05) is 19.1 Å². The molecule has 1 rings (SSSR count). The first-order chi connectivity index (χ1) is 9.95. The number of carbonyl (C=O) groups excluding carboxylic acids is 1. The monoisotopic (exact) mass is 289 g/mol. The summed E-state index contributed by atoms with van der Waals surface area (Å²) in [7, 11) is 0. The van der Waals surface area contributed by atoms with Crippen molar-refractivity contribution in [2.75, 3.05) is 6.54 Å². The van der Waals surface area contributed by atoms with Gasteiger partial charge in [-0.25, -0.2) is 9.59 Å². The van der Waals surface area contributed by atoms with E-state index in [0.717, 1.165) is 0 Å². The number of nitrogens with zero attached hydrogens (tertiary/aromatic N) is 2. The van der Waals surface area contributed by atoms with E-state index in [0.29, 0.717) is 12.1 Å². The highest BCUT2D eigenvalue weighted by Crippen LogP contribution is 2.06. The van der Waals surface area contributed by atoms with Crippen LogP contribution in [-0.4, -0.2) is 34.6 Å². The molecule has 0 bridgehead atoms. The molecule has 6 nitrogen and oxygen atoms in total. The topological polar surface area (TPSA) is 93.4 Å². The molecule has 0 aliphatic heterocycles. The minimum atomic E-state index is -0.999. The maximum absolute atomic E-state index is 12.1. The van der Waals surface area contributed by atoms with Gasteiger partial charge in [-0.3, -0.25) is 0 Å². The van der Waals surface area contributed by atoms with Crippen molar-refractivity contribution in [2.24, 2.45) is 0 Å². The van der Waals surface area contributed by atoms with Crippen LogP contribution in [0.4, 0.5) is 4.79 Å². The summed E-state index contributed by atoms with van der Waals surface area (Å²) in [4.78, 5) is 24.5. The van der Waals surface area contributed by atoms with Gasteiger partial charge < -0.3 is 15.3 Å². The van der Waals surface area contributed by atoms with E-state index in [4.69, 9.17) is 10.4 Å². The van der Waals surface area contributed by atoms with Gasteiger partial charge in [-0.15, -0.1) is 0 Å². The maximum atomic E-state index is 12.1. The summed E-state index contributed by atoms with van der Waals surface area (Å²) in [5.74, 6) is -0.999. The molecule has 6 heteroatoms. The summed E-state index contributed by atoms with van der Waals surface area (Å²) in [6.07, 6.45) is 0.278. The number of hydrogen-bond donors (Lipinski definition) is 2. The fourth-order valence-electron chi connectivity index (χ4n) is 1.86. The SMILES string of the molecule is CC(C)N(CCC#N)C(=O)NCc1cccc(C(=O)O)c1. The third-order valence-electron chi connectivity index (χ3n) is 2.97. The number of aromatic carboxylic acids is 1. The van der Waals surface area contributed by atoms with Crippen LogP contribution in [-0.2, 0) is 6.54 Å². The molecule has 21 heavy (non-hydrogen) atoms. The highest BCUT2D eigenvalue weighted by Gasteiger charge is 2.16. The number of nitrogens with one attached hydrogen (secondary N) is 1. The number of urea groups is 1. The first-order valence-corrected chi connectivity index (χ1v) is 6.69. The molecule has 1 aromatic rings. The van der Waals surface area contributed by atoms with Gasteiger partial charge in [0.15, 0.2) is 0 Å². The van der Waals surface area contributed by atoms with Crippen molar-refractivity contribution < 1.29 is 14.7 Å². The Morgan fingerprint density at radius 3 is 2.71 bits per heavy atom. The van der Waals surface area contributed by atoms with Crippen LogP contribution in [0.5, 0.6) is 0 Å². The molecule has 0 aliphatic carbocycles. The lowest BCUT2D eigenvalue weighted by molar-refractivity contribution is 0.0696. The molecule has 0 aromatic heterocycles. The Labute approximate surface area is 124 Å². The third kappa shape index (κ3) is 5.15. The second kappa shape index (κ2) is 7.90. The fraction of sp³-hybridized carbons (Fsp3) is 0.400. The van der Waals surface area contributed by atoms with Crippen molar-refractivity contribution in [3.05, 3.63) is 35.4 Å². The zero-order valence-electron chi connectivity index (χ0n) is 12.2. The molecule has 112 valence electrons. The van der Waals surface area contributed by atoms with Crippen LogP contribution in [0.3, 0.4) is 0 Å². The lowest BCUT2D eigenvalue weighted by atomic mass is 10.1. The molecule has 2 amide bonds. The van der Waals surface area contributed by atoms with E-state index in [2.05, 4.69) is 5.32 Å². The average Bonchev–Trinajstić information content (AvgIpc) is 2.45. The molecular formula is C15H19N3O3. The normalized spacial score (nSPS) is 10.0. The van der Waals surface area contributed by atoms with Crippen molar-refractivity contribution in [3.8, 4) is 6.07 Å². The molecule has 0 fully saturated rings. The van der Waals surface area contributed by atoms with Gasteiger partial charge in [-0.05, 0) is 31.5 Å². The summed E-state index contributed by atoms with van der Waals surface area (Å²) < 4.78 is 0. The van der Waals surface area contributed by atoms with Crippen LogP contribution in [0.25, 0.3) is 0 Å². The molecule has 0 spiro atoms. The Kier molecular flexibility index (Phi) is 6.21. The minimum Gasteiger partial charge on any atom is -0.478 e. The van der Waals surface area contributed by atoms with Gasteiger partial charge >= 0.3 is 12.0 Å². The lowest BCUT2D eigenvalue weighted by Crippen LogP contribution is -2.44. The first kappa shape index (κ1) is 16.5. The molecule has 0 aliphatic rings. The van der Waals surface area contributed by atoms with E-state index in [1.54, 1.807) is 17.0 Å². The predicted octanol–water partition coefficient (Wildman–Crippen LogP) is 2.22. The molecular weight excluding hydrogens is 270 g/mol. The molecule has 0 heterocycles. The first-order valence-electron chi connectivity index (χ1n) is 6.69. The van der Waals surface area contributed by atoms with Crippen LogP contribution in [0.1, 0.15) is 36.2 Å². The maximum Gasteiger partial charge on any atom is 0.335 e. The number of nitriles is 1. The number of benzene rings is 1. The van der Waals surface area contributed by atoms with E-state index in [1.807, 2.05) is 19.9 Å². The number of carboxylic acids is 1. The Morgan fingerprint density at radius 2 is 2.14 bits per heavy atom. The Hall–Kier alpha value is -2.55. The van der Waals surface area contributed by atoms with Crippen LogP contribution >= 0.6 is 0 Å². The van der Waals surface area contributed by atoms with Crippen molar-refractivity contribution in [2.45, 2.75) is 32.9 Å². The van der Waals surface area contributed by atoms with Crippen LogP contribution < -0.4 is 5.32 Å². The van der Waals surface area contributed by atoms with E-state index < -0.39 is 5.97 Å². The average molecular weight is 289 g/mol. The number of amides is 2. The summed E-state index contributed by atoms with van der Waals surface area (Å²) >= 11 is 0. The van der Waals surface area contributed by atoms with E-state index in [9.17, 15) is 9.59 Å². The highest BCUT2D eigenvalue weighted by atomic mass is 16.4. The molecule has 0 saturated carbocycles. The molecule has 2 N–H and O–H groups in total. The minimum absolute atomic E-state index is 0.0105. The summed E-state index contributed by atoms with van der Waals surface area (Å²) in [6, 6.07) is 8.16. The van der Waals surface area contributed by atoms with E-state index in [-0.39, 0.29) is 30.6 Å². The number of carboxylic acid groups (broad SMARTS) is 1. The number of hydrogen-bond acceptors (Lipinski definition) is 3. The summed E-state index contributed by atoms with van der Waals surface area (Å²) in [5, 5.41) is 20.3. The second-order valence-corrected chi connectivity index (χ2v) is 4.86. The largest absolute Gasteiger partial charge is 0.478 e. The third-order valence-corrected chi connectivity index (χ3v) is 2.97. The van der Waals surface area contributed by atoms with Crippen molar-refractivity contribution in [1.82, 2.24) is 10.2 Å². The Bertz CT molecular complexity index is 549. The molecule has 1 aromatic carbocycles. The fourth-order valence-corrected chi connectivity index (χ4v) is 1.86. The van der Waals surface area contributed by atoms with Gasteiger partial charge in [0.25, 0.3) is 0 Å². The number of carbonyl (C=O) groups is 2. The van der Waals surface area contributed by atoms with Gasteiger partial charge in [-0.1, -0.05) is 12.1 Å². The standard InChI is InChI=1S/C15H19N3O3/c1-11(2)18(8-4-7-16)15(21)17-10-12-5-3-6-13(9-12)14(19)20/h3,5-6,9,11H,4,8,10H2,1-2H3,(H,17,21)(H,19,20). The molecule has 0 saturated heterocycles. The van der Waals surface area contributed by atoms with Gasteiger partial charge in [0.1, 0.15) is 0 Å².